The summed E-state index contributed by atoms with van der Waals surface area (Å²) in [5, 5.41) is 2.96. The molecule has 0 spiro atoms. The van der Waals surface area contributed by atoms with E-state index in [2.05, 4.69) is 5.32 Å². The van der Waals surface area contributed by atoms with Crippen molar-refractivity contribution in [1.82, 2.24) is 5.32 Å². The van der Waals surface area contributed by atoms with Crippen molar-refractivity contribution in [2.75, 3.05) is 6.61 Å². The van der Waals surface area contributed by atoms with Gasteiger partial charge in [-0.15, -0.1) is 12.4 Å². The lowest BCUT2D eigenvalue weighted by molar-refractivity contribution is -0.126. The summed E-state index contributed by atoms with van der Waals surface area (Å²) in [6.45, 7) is 5.06. The van der Waals surface area contributed by atoms with E-state index in [0.717, 1.165) is 42.6 Å². The average Bonchev–Trinajstić information content (AvgIpc) is 2.86. The highest BCUT2D eigenvalue weighted by molar-refractivity contribution is 5.86. The summed E-state index contributed by atoms with van der Waals surface area (Å²) >= 11 is 0. The van der Waals surface area contributed by atoms with Crippen LogP contribution in [0.2, 0.25) is 0 Å². The quantitative estimate of drug-likeness (QED) is 0.878. The zero-order valence-electron chi connectivity index (χ0n) is 12.8. The molecule has 5 heteroatoms. The molecule has 21 heavy (non-hydrogen) atoms. The van der Waals surface area contributed by atoms with Crippen molar-refractivity contribution < 1.29 is 9.53 Å². The van der Waals surface area contributed by atoms with E-state index in [1.54, 1.807) is 0 Å². The van der Waals surface area contributed by atoms with E-state index in [0.29, 0.717) is 13.2 Å². The Bertz CT molecular complexity index is 485. The van der Waals surface area contributed by atoms with Gasteiger partial charge in [-0.05, 0) is 38.3 Å². The highest BCUT2D eigenvalue weighted by atomic mass is 35.5. The maximum atomic E-state index is 12.2. The van der Waals surface area contributed by atoms with E-state index < -0.39 is 5.54 Å². The molecule has 1 aromatic rings. The molecular weight excluding hydrogens is 288 g/mol. The Balaban J connectivity index is 0.00000220. The first kappa shape index (κ1) is 17.8. The van der Waals surface area contributed by atoms with Crippen molar-refractivity contribution in [2.45, 2.75) is 51.6 Å². The molecular formula is C16H25ClN2O2. The van der Waals surface area contributed by atoms with Gasteiger partial charge >= 0.3 is 0 Å². The van der Waals surface area contributed by atoms with E-state index in [-0.39, 0.29) is 18.3 Å². The lowest BCUT2D eigenvalue weighted by Gasteiger charge is -2.22. The van der Waals surface area contributed by atoms with Gasteiger partial charge in [-0.2, -0.15) is 0 Å². The summed E-state index contributed by atoms with van der Waals surface area (Å²) in [6, 6.07) is 6.02. The molecule has 0 heterocycles. The van der Waals surface area contributed by atoms with Gasteiger partial charge in [-0.3, -0.25) is 4.79 Å². The minimum absolute atomic E-state index is 0. The SMILES string of the molecule is CCOc1cc(C)ccc1CNC(=O)C1(N)CCCC1.Cl. The molecule has 0 atom stereocenters. The molecule has 0 unspecified atom stereocenters. The second-order valence-electron chi connectivity index (χ2n) is 5.59. The lowest BCUT2D eigenvalue weighted by Crippen LogP contribution is -2.51. The highest BCUT2D eigenvalue weighted by Gasteiger charge is 2.36. The normalized spacial score (nSPS) is 16.1. The number of ether oxygens (including phenoxy) is 1. The van der Waals surface area contributed by atoms with Crippen LogP contribution in [0.1, 0.15) is 43.7 Å². The third-order valence-electron chi connectivity index (χ3n) is 3.91. The number of rotatable bonds is 5. The van der Waals surface area contributed by atoms with Gasteiger partial charge in [-0.25, -0.2) is 0 Å². The van der Waals surface area contributed by atoms with Crippen LogP contribution >= 0.6 is 12.4 Å². The predicted molar refractivity (Wildman–Crippen MR) is 86.8 cm³/mol. The molecule has 0 saturated heterocycles. The maximum Gasteiger partial charge on any atom is 0.240 e. The molecule has 0 bridgehead atoms. The van der Waals surface area contributed by atoms with Gasteiger partial charge in [0.25, 0.3) is 0 Å². The van der Waals surface area contributed by atoms with E-state index in [1.165, 1.54) is 0 Å². The summed E-state index contributed by atoms with van der Waals surface area (Å²) in [4.78, 5) is 12.2. The minimum atomic E-state index is -0.670. The predicted octanol–water partition coefficient (Wildman–Crippen LogP) is 2.70. The number of nitrogens with two attached hydrogens (primary N) is 1. The van der Waals surface area contributed by atoms with Crippen LogP contribution in [-0.2, 0) is 11.3 Å². The molecule has 118 valence electrons. The molecule has 3 N–H and O–H groups in total. The van der Waals surface area contributed by atoms with Gasteiger partial charge in [0.1, 0.15) is 5.75 Å². The Kier molecular flexibility index (Phi) is 6.49. The second-order valence-corrected chi connectivity index (χ2v) is 5.59. The monoisotopic (exact) mass is 312 g/mol. The fraction of sp³-hybridized carbons (Fsp3) is 0.562. The lowest BCUT2D eigenvalue weighted by atomic mass is 9.98. The van der Waals surface area contributed by atoms with Crippen molar-refractivity contribution in [1.29, 1.82) is 0 Å². The summed E-state index contributed by atoms with van der Waals surface area (Å²) in [5.74, 6) is 0.795. The fourth-order valence-corrected chi connectivity index (χ4v) is 2.68. The zero-order valence-corrected chi connectivity index (χ0v) is 13.6. The number of amides is 1. The van der Waals surface area contributed by atoms with E-state index >= 15 is 0 Å². The number of carbonyl (C=O) groups is 1. The van der Waals surface area contributed by atoms with Crippen molar-refractivity contribution >= 4 is 18.3 Å². The number of carbonyl (C=O) groups excluding carboxylic acids is 1. The Morgan fingerprint density at radius 2 is 2.05 bits per heavy atom. The number of benzene rings is 1. The molecule has 0 radical (unpaired) electrons. The summed E-state index contributed by atoms with van der Waals surface area (Å²) in [5.41, 5.74) is 7.61. The maximum absolute atomic E-state index is 12.2. The zero-order chi connectivity index (χ0) is 14.6. The first-order valence-corrected chi connectivity index (χ1v) is 7.34. The molecule has 1 aliphatic rings. The van der Waals surface area contributed by atoms with Crippen molar-refractivity contribution in [3.63, 3.8) is 0 Å². The highest BCUT2D eigenvalue weighted by Crippen LogP contribution is 2.27. The molecule has 1 amide bonds. The van der Waals surface area contributed by atoms with Gasteiger partial charge in [-0.1, -0.05) is 25.0 Å². The van der Waals surface area contributed by atoms with Crippen LogP contribution in [0.25, 0.3) is 0 Å². The first-order valence-electron chi connectivity index (χ1n) is 7.34. The van der Waals surface area contributed by atoms with Crippen LogP contribution in [0.15, 0.2) is 18.2 Å². The van der Waals surface area contributed by atoms with Gasteiger partial charge in [0.15, 0.2) is 0 Å². The van der Waals surface area contributed by atoms with Crippen LogP contribution in [-0.4, -0.2) is 18.1 Å². The smallest absolute Gasteiger partial charge is 0.240 e. The number of halogens is 1. The molecule has 1 fully saturated rings. The van der Waals surface area contributed by atoms with Crippen LogP contribution in [0.5, 0.6) is 5.75 Å². The first-order chi connectivity index (χ1) is 9.55. The number of aryl methyl sites for hydroxylation is 1. The third kappa shape index (κ3) is 4.35. The van der Waals surface area contributed by atoms with Gasteiger partial charge in [0.05, 0.1) is 12.1 Å². The van der Waals surface area contributed by atoms with E-state index in [4.69, 9.17) is 10.5 Å². The number of nitrogens with one attached hydrogen (secondary N) is 1. The molecule has 1 aliphatic carbocycles. The van der Waals surface area contributed by atoms with Gasteiger partial charge in [0.2, 0.25) is 5.91 Å². The molecule has 1 saturated carbocycles. The molecule has 4 nitrogen and oxygen atoms in total. The Hall–Kier alpha value is -1.26. The molecule has 0 aromatic heterocycles. The van der Waals surface area contributed by atoms with Crippen LogP contribution in [0.4, 0.5) is 0 Å². The Morgan fingerprint density at radius 1 is 1.38 bits per heavy atom. The summed E-state index contributed by atoms with van der Waals surface area (Å²) in [7, 11) is 0. The van der Waals surface area contributed by atoms with Gasteiger partial charge in [0, 0.05) is 12.1 Å². The van der Waals surface area contributed by atoms with E-state index in [9.17, 15) is 4.79 Å². The largest absolute Gasteiger partial charge is 0.494 e. The van der Waals surface area contributed by atoms with Crippen LogP contribution in [0, 0.1) is 6.92 Å². The number of hydrogen-bond donors (Lipinski definition) is 2. The van der Waals surface area contributed by atoms with Crippen molar-refractivity contribution in [2.24, 2.45) is 5.73 Å². The average molecular weight is 313 g/mol. The minimum Gasteiger partial charge on any atom is -0.494 e. The van der Waals surface area contributed by atoms with E-state index in [1.807, 2.05) is 32.0 Å². The number of hydrogen-bond acceptors (Lipinski definition) is 3. The Morgan fingerprint density at radius 3 is 2.67 bits per heavy atom. The molecule has 1 aromatic carbocycles. The standard InChI is InChI=1S/C16H24N2O2.ClH/c1-3-20-14-10-12(2)6-7-13(14)11-18-15(19)16(17)8-4-5-9-16;/h6-7,10H,3-5,8-9,11,17H2,1-2H3,(H,18,19);1H. The topological polar surface area (TPSA) is 64.3 Å². The van der Waals surface area contributed by atoms with Crippen LogP contribution in [0.3, 0.4) is 0 Å². The molecule has 2 rings (SSSR count). The molecule has 0 aliphatic heterocycles. The van der Waals surface area contributed by atoms with Crippen molar-refractivity contribution in [3.05, 3.63) is 29.3 Å². The summed E-state index contributed by atoms with van der Waals surface area (Å²) < 4.78 is 5.62. The second kappa shape index (κ2) is 7.66. The summed E-state index contributed by atoms with van der Waals surface area (Å²) in [6.07, 6.45) is 3.65. The Labute approximate surface area is 132 Å². The van der Waals surface area contributed by atoms with Gasteiger partial charge < -0.3 is 15.8 Å². The van der Waals surface area contributed by atoms with Crippen molar-refractivity contribution in [3.8, 4) is 5.75 Å². The third-order valence-corrected chi connectivity index (χ3v) is 3.91. The van der Waals surface area contributed by atoms with Crippen LogP contribution < -0.4 is 15.8 Å². The fourth-order valence-electron chi connectivity index (χ4n) is 2.68.